The number of hydrogen-bond acceptors (Lipinski definition) is 5. The predicted molar refractivity (Wildman–Crippen MR) is 119 cm³/mol. The summed E-state index contributed by atoms with van der Waals surface area (Å²) in [6.45, 7) is 8.94. The number of rotatable bonds is 4. The summed E-state index contributed by atoms with van der Waals surface area (Å²) in [6.07, 6.45) is 1.40. The monoisotopic (exact) mass is 429 g/mol. The highest BCUT2D eigenvalue weighted by molar-refractivity contribution is 7.09. The van der Waals surface area contributed by atoms with Crippen LogP contribution in [0.2, 0.25) is 0 Å². The molecule has 2 aromatic rings. The Kier molecular flexibility index (Phi) is 6.81. The second-order valence-corrected chi connectivity index (χ2v) is 9.71. The molecule has 30 heavy (non-hydrogen) atoms. The molecular weight excluding hydrogens is 398 g/mol. The molecule has 2 heterocycles. The molecule has 1 aromatic heterocycles. The normalized spacial score (nSPS) is 16.2. The molecule has 1 aromatic carbocycles. The SMILES string of the molecule is C[C@H](c1ccccc1)N(C)C(=O)c1csc(C2CCN(C(=O)OC(C)(C)C)CC2)n1. The summed E-state index contributed by atoms with van der Waals surface area (Å²) in [7, 11) is 1.82. The highest BCUT2D eigenvalue weighted by atomic mass is 32.1. The van der Waals surface area contributed by atoms with Gasteiger partial charge in [-0.1, -0.05) is 30.3 Å². The number of ether oxygens (including phenoxy) is 1. The molecule has 3 rings (SSSR count). The summed E-state index contributed by atoms with van der Waals surface area (Å²) in [5.74, 6) is 0.201. The fourth-order valence-corrected chi connectivity index (χ4v) is 4.49. The maximum Gasteiger partial charge on any atom is 0.410 e. The van der Waals surface area contributed by atoms with Crippen LogP contribution >= 0.6 is 11.3 Å². The van der Waals surface area contributed by atoms with E-state index < -0.39 is 5.60 Å². The van der Waals surface area contributed by atoms with Crippen LogP contribution in [0.25, 0.3) is 0 Å². The molecule has 0 unspecified atom stereocenters. The third-order valence-electron chi connectivity index (χ3n) is 5.42. The van der Waals surface area contributed by atoms with Gasteiger partial charge in [0, 0.05) is 31.4 Å². The zero-order chi connectivity index (χ0) is 21.9. The molecular formula is C23H31N3O3S. The molecule has 7 heteroatoms. The lowest BCUT2D eigenvalue weighted by Crippen LogP contribution is -2.41. The van der Waals surface area contributed by atoms with E-state index in [-0.39, 0.29) is 24.0 Å². The van der Waals surface area contributed by atoms with Crippen molar-refractivity contribution in [3.63, 3.8) is 0 Å². The van der Waals surface area contributed by atoms with Crippen LogP contribution in [0, 0.1) is 0 Å². The summed E-state index contributed by atoms with van der Waals surface area (Å²) in [5.41, 5.74) is 1.11. The quantitative estimate of drug-likeness (QED) is 0.679. The summed E-state index contributed by atoms with van der Waals surface area (Å²) >= 11 is 1.54. The number of aromatic nitrogens is 1. The lowest BCUT2D eigenvalue weighted by atomic mass is 9.98. The first-order valence-electron chi connectivity index (χ1n) is 10.4. The summed E-state index contributed by atoms with van der Waals surface area (Å²) in [4.78, 5) is 33.3. The van der Waals surface area contributed by atoms with E-state index in [1.807, 2.05) is 70.5 Å². The van der Waals surface area contributed by atoms with Crippen LogP contribution in [-0.2, 0) is 4.74 Å². The van der Waals surface area contributed by atoms with Gasteiger partial charge in [0.1, 0.15) is 11.3 Å². The van der Waals surface area contributed by atoms with Crippen molar-refractivity contribution in [2.45, 2.75) is 58.1 Å². The van der Waals surface area contributed by atoms with E-state index in [4.69, 9.17) is 4.74 Å². The van der Waals surface area contributed by atoms with Crippen LogP contribution < -0.4 is 0 Å². The van der Waals surface area contributed by atoms with E-state index >= 15 is 0 Å². The lowest BCUT2D eigenvalue weighted by Gasteiger charge is -2.32. The molecule has 1 aliphatic rings. The fourth-order valence-electron chi connectivity index (χ4n) is 3.52. The smallest absolute Gasteiger partial charge is 0.410 e. The molecule has 1 atom stereocenters. The third-order valence-corrected chi connectivity index (χ3v) is 6.43. The Labute approximate surface area is 182 Å². The van der Waals surface area contributed by atoms with Gasteiger partial charge in [0.2, 0.25) is 0 Å². The van der Waals surface area contributed by atoms with Gasteiger partial charge in [-0.2, -0.15) is 0 Å². The molecule has 0 radical (unpaired) electrons. The number of benzene rings is 1. The van der Waals surface area contributed by atoms with Crippen molar-refractivity contribution in [1.82, 2.24) is 14.8 Å². The highest BCUT2D eigenvalue weighted by Crippen LogP contribution is 2.31. The third kappa shape index (κ3) is 5.39. The number of likely N-dealkylation sites (tertiary alicyclic amines) is 1. The number of hydrogen-bond donors (Lipinski definition) is 0. The van der Waals surface area contributed by atoms with Gasteiger partial charge in [-0.05, 0) is 46.1 Å². The van der Waals surface area contributed by atoms with Gasteiger partial charge in [-0.3, -0.25) is 4.79 Å². The maximum absolute atomic E-state index is 12.9. The van der Waals surface area contributed by atoms with E-state index in [9.17, 15) is 9.59 Å². The van der Waals surface area contributed by atoms with Crippen LogP contribution in [0.15, 0.2) is 35.7 Å². The Morgan fingerprint density at radius 1 is 1.20 bits per heavy atom. The van der Waals surface area contributed by atoms with Crippen molar-refractivity contribution in [3.05, 3.63) is 52.0 Å². The highest BCUT2D eigenvalue weighted by Gasteiger charge is 2.29. The standard InChI is InChI=1S/C23H31N3O3S/c1-16(17-9-7-6-8-10-17)25(5)21(27)19-15-30-20(24-19)18-11-13-26(14-12-18)22(28)29-23(2,3)4/h6-10,15-16,18H,11-14H2,1-5H3/t16-/m1/s1. The Morgan fingerprint density at radius 2 is 1.83 bits per heavy atom. The minimum atomic E-state index is -0.485. The van der Waals surface area contributed by atoms with Crippen molar-refractivity contribution in [2.24, 2.45) is 0 Å². The van der Waals surface area contributed by atoms with Crippen LogP contribution in [0.5, 0.6) is 0 Å². The minimum absolute atomic E-state index is 0.0269. The number of carbonyl (C=O) groups is 2. The Morgan fingerprint density at radius 3 is 2.43 bits per heavy atom. The molecule has 2 amide bonds. The molecule has 0 bridgehead atoms. The lowest BCUT2D eigenvalue weighted by molar-refractivity contribution is 0.0204. The number of carbonyl (C=O) groups excluding carboxylic acids is 2. The van der Waals surface area contributed by atoms with Crippen LogP contribution in [0.4, 0.5) is 4.79 Å². The molecule has 0 N–H and O–H groups in total. The van der Waals surface area contributed by atoms with Crippen molar-refractivity contribution >= 4 is 23.3 Å². The number of thiazole rings is 1. The second-order valence-electron chi connectivity index (χ2n) is 8.82. The molecule has 0 aliphatic carbocycles. The Hall–Kier alpha value is -2.41. The summed E-state index contributed by atoms with van der Waals surface area (Å²) < 4.78 is 5.46. The second kappa shape index (κ2) is 9.16. The van der Waals surface area contributed by atoms with Crippen molar-refractivity contribution in [2.75, 3.05) is 20.1 Å². The maximum atomic E-state index is 12.9. The van der Waals surface area contributed by atoms with Crippen molar-refractivity contribution in [1.29, 1.82) is 0 Å². The van der Waals surface area contributed by atoms with E-state index in [0.717, 1.165) is 23.4 Å². The van der Waals surface area contributed by atoms with Crippen molar-refractivity contribution in [3.8, 4) is 0 Å². The number of amides is 2. The molecule has 0 saturated carbocycles. The minimum Gasteiger partial charge on any atom is -0.444 e. The first kappa shape index (κ1) is 22.3. The first-order valence-corrected chi connectivity index (χ1v) is 11.3. The van der Waals surface area contributed by atoms with E-state index in [0.29, 0.717) is 18.8 Å². The van der Waals surface area contributed by atoms with E-state index in [2.05, 4.69) is 4.98 Å². The average molecular weight is 430 g/mol. The Balaban J connectivity index is 1.59. The Bertz CT molecular complexity index is 867. The fraction of sp³-hybridized carbons (Fsp3) is 0.522. The molecule has 162 valence electrons. The largest absolute Gasteiger partial charge is 0.444 e. The zero-order valence-electron chi connectivity index (χ0n) is 18.4. The zero-order valence-corrected chi connectivity index (χ0v) is 19.2. The van der Waals surface area contributed by atoms with E-state index in [1.165, 1.54) is 11.3 Å². The van der Waals surface area contributed by atoms with Gasteiger partial charge < -0.3 is 14.5 Å². The van der Waals surface area contributed by atoms with Crippen LogP contribution in [-0.4, -0.2) is 52.5 Å². The summed E-state index contributed by atoms with van der Waals surface area (Å²) in [6, 6.07) is 9.96. The van der Waals surface area contributed by atoms with Crippen molar-refractivity contribution < 1.29 is 14.3 Å². The van der Waals surface area contributed by atoms with Gasteiger partial charge in [0.15, 0.2) is 0 Å². The van der Waals surface area contributed by atoms with Crippen LogP contribution in [0.3, 0.4) is 0 Å². The van der Waals surface area contributed by atoms with E-state index in [1.54, 1.807) is 9.80 Å². The van der Waals surface area contributed by atoms with Gasteiger partial charge in [-0.25, -0.2) is 9.78 Å². The van der Waals surface area contributed by atoms with Gasteiger partial charge >= 0.3 is 6.09 Å². The van der Waals surface area contributed by atoms with Gasteiger partial charge in [0.25, 0.3) is 5.91 Å². The summed E-state index contributed by atoms with van der Waals surface area (Å²) in [5, 5.41) is 2.83. The van der Waals surface area contributed by atoms with Crippen LogP contribution in [0.1, 0.15) is 73.6 Å². The topological polar surface area (TPSA) is 62.7 Å². The van der Waals surface area contributed by atoms with Gasteiger partial charge in [-0.15, -0.1) is 11.3 Å². The number of nitrogens with zero attached hydrogens (tertiary/aromatic N) is 3. The molecule has 6 nitrogen and oxygen atoms in total. The predicted octanol–water partition coefficient (Wildman–Crippen LogP) is 5.09. The van der Waals surface area contributed by atoms with Gasteiger partial charge in [0.05, 0.1) is 11.0 Å². The molecule has 0 spiro atoms. The average Bonchev–Trinajstić information content (AvgIpc) is 3.22. The molecule has 1 saturated heterocycles. The molecule has 1 fully saturated rings. The first-order chi connectivity index (χ1) is 14.2. The number of piperidine rings is 1. The molecule has 1 aliphatic heterocycles.